The van der Waals surface area contributed by atoms with E-state index >= 15 is 0 Å². The van der Waals surface area contributed by atoms with E-state index in [1.54, 1.807) is 12.1 Å². The molecule has 3 aromatic rings. The Kier molecular flexibility index (Phi) is 14.4. The third-order valence-electron chi connectivity index (χ3n) is 12.9. The monoisotopic (exact) mass is 823 g/mol. The minimum atomic E-state index is -5.13. The van der Waals surface area contributed by atoms with Gasteiger partial charge in [0.1, 0.15) is 17.9 Å². The van der Waals surface area contributed by atoms with Gasteiger partial charge in [0, 0.05) is 61.5 Å². The van der Waals surface area contributed by atoms with Gasteiger partial charge < -0.3 is 30.7 Å². The molecule has 59 heavy (non-hydrogen) atoms. The van der Waals surface area contributed by atoms with Gasteiger partial charge in [-0.3, -0.25) is 19.2 Å². The molecule has 11 nitrogen and oxygen atoms in total. The van der Waals surface area contributed by atoms with Crippen molar-refractivity contribution in [3.05, 3.63) is 83.4 Å². The highest BCUT2D eigenvalue weighted by Gasteiger charge is 2.52. The highest BCUT2D eigenvalue weighted by Crippen LogP contribution is 2.48. The van der Waals surface area contributed by atoms with Crippen LogP contribution in [0.3, 0.4) is 0 Å². The lowest BCUT2D eigenvalue weighted by Crippen LogP contribution is -2.57. The van der Waals surface area contributed by atoms with Gasteiger partial charge in [0.25, 0.3) is 5.91 Å². The number of carbonyl (C=O) groups excluding carboxylic acids is 3. The predicted molar refractivity (Wildman–Crippen MR) is 221 cm³/mol. The van der Waals surface area contributed by atoms with Crippen LogP contribution >= 0.6 is 0 Å². The van der Waals surface area contributed by atoms with Gasteiger partial charge in [0.05, 0.1) is 19.8 Å². The summed E-state index contributed by atoms with van der Waals surface area (Å²) < 4.78 is 45.8. The fraction of sp³-hybridized carbons (Fsp3) is 0.533. The fourth-order valence-electron chi connectivity index (χ4n) is 8.59. The first-order valence-corrected chi connectivity index (χ1v) is 20.3. The lowest BCUT2D eigenvalue weighted by Gasteiger charge is -2.50. The van der Waals surface area contributed by atoms with Gasteiger partial charge in [-0.25, -0.2) is 0 Å². The molecule has 0 spiro atoms. The molecule has 0 aromatic heterocycles. The van der Waals surface area contributed by atoms with E-state index in [4.69, 9.17) is 9.57 Å². The molecule has 0 radical (unpaired) electrons. The molecular formula is C45H60F3N5O6. The van der Waals surface area contributed by atoms with Crippen LogP contribution in [0.4, 0.5) is 18.9 Å². The number of nitrogens with one attached hydrogen (secondary N) is 3. The van der Waals surface area contributed by atoms with Crippen molar-refractivity contribution in [3.63, 3.8) is 0 Å². The summed E-state index contributed by atoms with van der Waals surface area (Å²) in [7, 11) is 5.26. The first-order valence-electron chi connectivity index (χ1n) is 20.3. The minimum Gasteiger partial charge on any atom is -0.496 e. The maximum Gasteiger partial charge on any atom is 0.471 e. The van der Waals surface area contributed by atoms with E-state index in [0.29, 0.717) is 41.0 Å². The zero-order valence-electron chi connectivity index (χ0n) is 35.5. The summed E-state index contributed by atoms with van der Waals surface area (Å²) in [6.45, 7) is 12.1. The van der Waals surface area contributed by atoms with Crippen LogP contribution in [0.25, 0.3) is 11.1 Å². The second-order valence-corrected chi connectivity index (χ2v) is 17.1. The standard InChI is InChI=1S/C45H60F3N5O6/c1-26-20-36(27(2)28(3)44(26,5)6)51-42(56)39-38(29(4)54)37(24-50-43(57)45(46,47)48)59-53(39)25-31-16-13-17-35(40(31)58-9)32-21-33(23-34(22-32)52(7)8)41(55)49-19-18-30-14-11-10-12-15-30/h10-17,21-23,26-29,36-39,54H,18-20,24-25H2,1-9H3,(H,49,55)(H,50,57)(H,51,56)/t26-,27+,28+,29+,36+,37+,38-,39+/m1/s1. The van der Waals surface area contributed by atoms with Gasteiger partial charge in [-0.2, -0.15) is 18.2 Å². The third kappa shape index (κ3) is 10.4. The number of halogens is 3. The molecule has 1 saturated heterocycles. The summed E-state index contributed by atoms with van der Waals surface area (Å²) in [6.07, 6.45) is -6.12. The number of aliphatic hydroxyl groups excluding tert-OH is 1. The Morgan fingerprint density at radius 1 is 1.02 bits per heavy atom. The number of amides is 3. The Hall–Kier alpha value is -4.66. The Morgan fingerprint density at radius 2 is 1.71 bits per heavy atom. The maximum absolute atomic E-state index is 14.5. The van der Waals surface area contributed by atoms with Crippen molar-refractivity contribution in [1.29, 1.82) is 0 Å². The second-order valence-electron chi connectivity index (χ2n) is 17.1. The van der Waals surface area contributed by atoms with Gasteiger partial charge in [-0.1, -0.05) is 83.1 Å². The average Bonchev–Trinajstić information content (AvgIpc) is 3.56. The molecule has 322 valence electrons. The van der Waals surface area contributed by atoms with Crippen molar-refractivity contribution in [2.24, 2.45) is 29.1 Å². The SMILES string of the molecule is COc1c(CN2O[C@@H](CNC(=O)C(F)(F)F)[C@@H]([C@H](C)O)[C@H]2C(=O)N[C@H]2C[C@@H](C)C(C)(C)[C@@H](C)[C@@H]2C)cccc1-c1cc(C(=O)NCCc2ccccc2)cc(N(C)C)c1. The Labute approximate surface area is 346 Å². The van der Waals surface area contributed by atoms with Gasteiger partial charge in [0.2, 0.25) is 5.91 Å². The quantitative estimate of drug-likeness (QED) is 0.147. The lowest BCUT2D eigenvalue weighted by atomic mass is 9.58. The molecular weight excluding hydrogens is 764 g/mol. The highest BCUT2D eigenvalue weighted by molar-refractivity contribution is 5.97. The van der Waals surface area contributed by atoms with E-state index in [9.17, 15) is 32.7 Å². The number of hydrogen-bond donors (Lipinski definition) is 4. The molecule has 1 aliphatic heterocycles. The topological polar surface area (TPSA) is 132 Å². The third-order valence-corrected chi connectivity index (χ3v) is 12.9. The molecule has 3 aromatic carbocycles. The molecule has 8 atom stereocenters. The van der Waals surface area contributed by atoms with Crippen molar-refractivity contribution in [1.82, 2.24) is 21.0 Å². The smallest absolute Gasteiger partial charge is 0.471 e. The molecule has 0 unspecified atom stereocenters. The summed E-state index contributed by atoms with van der Waals surface area (Å²) in [4.78, 5) is 48.1. The normalized spacial score (nSPS) is 24.9. The van der Waals surface area contributed by atoms with Gasteiger partial charge in [-0.15, -0.1) is 0 Å². The number of ether oxygens (including phenoxy) is 1. The number of rotatable bonds is 14. The zero-order chi connectivity index (χ0) is 43.4. The van der Waals surface area contributed by atoms with E-state index in [1.807, 2.05) is 78.9 Å². The molecule has 3 amide bonds. The molecule has 2 aliphatic rings. The summed E-state index contributed by atoms with van der Waals surface area (Å²) in [5.41, 5.74) is 4.27. The van der Waals surface area contributed by atoms with Crippen molar-refractivity contribution < 1.29 is 42.2 Å². The molecule has 5 rings (SSSR count). The second kappa shape index (κ2) is 18.7. The van der Waals surface area contributed by atoms with Crippen LogP contribution in [-0.4, -0.2) is 92.7 Å². The number of alkyl halides is 3. The summed E-state index contributed by atoms with van der Waals surface area (Å²) in [5, 5.41) is 20.6. The Morgan fingerprint density at radius 3 is 2.34 bits per heavy atom. The van der Waals surface area contributed by atoms with Crippen molar-refractivity contribution in [2.75, 3.05) is 39.2 Å². The molecule has 4 N–H and O–H groups in total. The van der Waals surface area contributed by atoms with Crippen LogP contribution < -0.4 is 25.6 Å². The van der Waals surface area contributed by atoms with Crippen LogP contribution in [0, 0.1) is 29.1 Å². The minimum absolute atomic E-state index is 0.0354. The summed E-state index contributed by atoms with van der Waals surface area (Å²) in [6, 6.07) is 19.5. The summed E-state index contributed by atoms with van der Waals surface area (Å²) >= 11 is 0. The van der Waals surface area contributed by atoms with E-state index in [-0.39, 0.29) is 41.7 Å². The number of carbonyl (C=O) groups is 3. The van der Waals surface area contributed by atoms with Crippen molar-refractivity contribution >= 4 is 23.4 Å². The van der Waals surface area contributed by atoms with E-state index < -0.39 is 48.7 Å². The number of nitrogens with zero attached hydrogens (tertiary/aromatic N) is 2. The number of anilines is 1. The molecule has 1 aliphatic carbocycles. The van der Waals surface area contributed by atoms with E-state index in [1.165, 1.54) is 19.1 Å². The maximum atomic E-state index is 14.5. The Balaban J connectivity index is 1.48. The highest BCUT2D eigenvalue weighted by atomic mass is 19.4. The molecule has 0 bridgehead atoms. The van der Waals surface area contributed by atoms with Crippen molar-refractivity contribution in [3.8, 4) is 16.9 Å². The number of aliphatic hydroxyl groups is 1. The molecule has 1 heterocycles. The number of benzene rings is 3. The van der Waals surface area contributed by atoms with Crippen LogP contribution in [0.5, 0.6) is 5.75 Å². The molecule has 2 fully saturated rings. The number of hydroxylamine groups is 2. The number of hydrogen-bond acceptors (Lipinski definition) is 8. The van der Waals surface area contributed by atoms with Crippen LogP contribution in [0.15, 0.2) is 66.7 Å². The van der Waals surface area contributed by atoms with E-state index in [2.05, 4.69) is 45.3 Å². The summed E-state index contributed by atoms with van der Waals surface area (Å²) in [5.74, 6) is -2.75. The first kappa shape index (κ1) is 45.4. The number of methoxy groups -OCH3 is 1. The number of para-hydroxylation sites is 1. The predicted octanol–water partition coefficient (Wildman–Crippen LogP) is 6.38. The van der Waals surface area contributed by atoms with Gasteiger partial charge >= 0.3 is 12.1 Å². The van der Waals surface area contributed by atoms with Crippen LogP contribution in [0.1, 0.15) is 69.4 Å². The average molecular weight is 824 g/mol. The largest absolute Gasteiger partial charge is 0.496 e. The van der Waals surface area contributed by atoms with Gasteiger partial charge in [-0.05, 0) is 72.3 Å². The molecule has 1 saturated carbocycles. The Bertz CT molecular complexity index is 1940. The van der Waals surface area contributed by atoms with Crippen LogP contribution in [-0.2, 0) is 27.4 Å². The fourth-order valence-corrected chi connectivity index (χ4v) is 8.59. The van der Waals surface area contributed by atoms with Gasteiger partial charge in [0.15, 0.2) is 0 Å². The molecule has 14 heteroatoms. The first-order chi connectivity index (χ1) is 27.7. The zero-order valence-corrected chi connectivity index (χ0v) is 35.5. The van der Waals surface area contributed by atoms with E-state index in [0.717, 1.165) is 17.7 Å². The van der Waals surface area contributed by atoms with Crippen molar-refractivity contribution in [2.45, 2.75) is 91.4 Å². The lowest BCUT2D eigenvalue weighted by molar-refractivity contribution is -0.182. The van der Waals surface area contributed by atoms with Crippen LogP contribution in [0.2, 0.25) is 0 Å².